The first-order valence-corrected chi connectivity index (χ1v) is 18.7. The second kappa shape index (κ2) is 18.3. The van der Waals surface area contributed by atoms with Gasteiger partial charge in [-0.2, -0.15) is 29.9 Å². The van der Waals surface area contributed by atoms with E-state index in [2.05, 4.69) is 55.5 Å². The van der Waals surface area contributed by atoms with Gasteiger partial charge in [-0.1, -0.05) is 0 Å². The number of halogens is 4. The molecule has 4 aliphatic rings. The van der Waals surface area contributed by atoms with Crippen molar-refractivity contribution in [3.8, 4) is 22.8 Å². The monoisotopic (exact) mass is 799 g/mol. The summed E-state index contributed by atoms with van der Waals surface area (Å²) < 4.78 is 65.3. The molecule has 0 aromatic carbocycles. The summed E-state index contributed by atoms with van der Waals surface area (Å²) in [6.07, 6.45) is -3.00. The smallest absolute Gasteiger partial charge is 0.281 e. The zero-order chi connectivity index (χ0) is 39.9. The van der Waals surface area contributed by atoms with Gasteiger partial charge in [0.25, 0.3) is 12.9 Å². The fraction of sp³-hybridized carbons (Fsp3) is 0.559. The Bertz CT molecular complexity index is 1930. The van der Waals surface area contributed by atoms with Gasteiger partial charge in [-0.05, 0) is 13.0 Å². The molecule has 6 N–H and O–H groups in total. The van der Waals surface area contributed by atoms with Gasteiger partial charge in [0, 0.05) is 95.5 Å². The highest BCUT2D eigenvalue weighted by Gasteiger charge is 2.28. The minimum absolute atomic E-state index is 0.0301. The Morgan fingerprint density at radius 1 is 0.632 bits per heavy atom. The van der Waals surface area contributed by atoms with Crippen molar-refractivity contribution < 1.29 is 27.0 Å². The maximum atomic E-state index is 13.7. The third-order valence-corrected chi connectivity index (χ3v) is 9.66. The van der Waals surface area contributed by atoms with Crippen LogP contribution in [0.5, 0.6) is 0 Å². The molecule has 0 amide bonds. The molecular weight excluding hydrogens is 754 g/mol. The van der Waals surface area contributed by atoms with Gasteiger partial charge >= 0.3 is 0 Å². The molecule has 0 saturated carbocycles. The van der Waals surface area contributed by atoms with Crippen LogP contribution in [-0.4, -0.2) is 149 Å². The lowest BCUT2D eigenvalue weighted by Gasteiger charge is -2.34. The maximum absolute atomic E-state index is 13.7. The molecule has 4 saturated heterocycles. The molecule has 0 bridgehead atoms. The van der Waals surface area contributed by atoms with Crippen LogP contribution in [0.1, 0.15) is 31.0 Å². The molecule has 0 unspecified atom stereocenters. The summed E-state index contributed by atoms with van der Waals surface area (Å²) >= 11 is 0. The summed E-state index contributed by atoms with van der Waals surface area (Å²) in [5.41, 5.74) is 10.6. The number of nitrogens with one attached hydrogen (secondary N) is 2. The summed E-state index contributed by atoms with van der Waals surface area (Å²) in [7, 11) is 0. The van der Waals surface area contributed by atoms with E-state index in [1.54, 1.807) is 0 Å². The molecular formula is C34H45F4N17O2. The van der Waals surface area contributed by atoms with E-state index < -0.39 is 18.5 Å². The lowest BCUT2D eigenvalue weighted by atomic mass is 10.1. The molecule has 4 aliphatic heterocycles. The number of pyridine rings is 1. The number of nitrogen functional groups attached to an aromatic ring is 2. The van der Waals surface area contributed by atoms with Crippen molar-refractivity contribution in [3.63, 3.8) is 0 Å². The quantitative estimate of drug-likeness (QED) is 0.184. The number of hydrogen-bond donors (Lipinski definition) is 4. The Balaban J connectivity index is 0.000000174. The van der Waals surface area contributed by atoms with Crippen molar-refractivity contribution in [2.24, 2.45) is 0 Å². The van der Waals surface area contributed by atoms with Gasteiger partial charge in [0.15, 0.2) is 11.6 Å². The lowest BCUT2D eigenvalue weighted by molar-refractivity contribution is 0.0981. The summed E-state index contributed by atoms with van der Waals surface area (Å²) in [4.78, 5) is 46.8. The fourth-order valence-electron chi connectivity index (χ4n) is 6.62. The number of morpholine rings is 2. The predicted octanol–water partition coefficient (Wildman–Crippen LogP) is 1.18. The predicted molar refractivity (Wildman–Crippen MR) is 203 cm³/mol. The fourth-order valence-corrected chi connectivity index (χ4v) is 6.62. The Labute approximate surface area is 325 Å². The van der Waals surface area contributed by atoms with E-state index in [-0.39, 0.29) is 46.1 Å². The number of aromatic nitrogens is 9. The van der Waals surface area contributed by atoms with E-state index in [0.29, 0.717) is 82.9 Å². The summed E-state index contributed by atoms with van der Waals surface area (Å²) in [6.45, 7) is 12.1. The van der Waals surface area contributed by atoms with Crippen LogP contribution in [0.2, 0.25) is 0 Å². The zero-order valence-corrected chi connectivity index (χ0v) is 31.4. The molecule has 8 heterocycles. The van der Waals surface area contributed by atoms with E-state index in [9.17, 15) is 17.6 Å². The first-order valence-electron chi connectivity index (χ1n) is 18.7. The average molecular weight is 800 g/mol. The summed E-state index contributed by atoms with van der Waals surface area (Å²) in [6, 6.07) is 1.24. The normalized spacial score (nSPS) is 19.2. The van der Waals surface area contributed by atoms with Crippen LogP contribution in [0.4, 0.5) is 53.1 Å². The van der Waals surface area contributed by atoms with Gasteiger partial charge in [0.1, 0.15) is 11.5 Å². The number of alkyl halides is 4. The van der Waals surface area contributed by atoms with Crippen LogP contribution < -0.4 is 41.7 Å². The van der Waals surface area contributed by atoms with Crippen LogP contribution in [0.3, 0.4) is 0 Å². The van der Waals surface area contributed by atoms with E-state index in [1.807, 2.05) is 26.5 Å². The molecule has 23 heteroatoms. The molecule has 0 aliphatic carbocycles. The van der Waals surface area contributed by atoms with Gasteiger partial charge in [-0.3, -0.25) is 0 Å². The topological polar surface area (TPSA) is 224 Å². The van der Waals surface area contributed by atoms with Crippen molar-refractivity contribution in [1.29, 1.82) is 0 Å². The highest BCUT2D eigenvalue weighted by molar-refractivity contribution is 5.65. The van der Waals surface area contributed by atoms with Crippen molar-refractivity contribution in [1.82, 2.24) is 55.5 Å². The number of nitrogens with two attached hydrogens (primary N) is 2. The minimum atomic E-state index is -2.83. The Morgan fingerprint density at radius 2 is 1.16 bits per heavy atom. The first kappa shape index (κ1) is 39.8. The van der Waals surface area contributed by atoms with Gasteiger partial charge in [0.05, 0.1) is 38.0 Å². The van der Waals surface area contributed by atoms with Crippen LogP contribution in [0.25, 0.3) is 22.8 Å². The number of hydrogen-bond acceptors (Lipinski definition) is 19. The highest BCUT2D eigenvalue weighted by Crippen LogP contribution is 2.33. The number of piperazine rings is 2. The van der Waals surface area contributed by atoms with Crippen molar-refractivity contribution in [2.45, 2.75) is 25.8 Å². The summed E-state index contributed by atoms with van der Waals surface area (Å²) in [5, 5.41) is 6.55. The second-order valence-electron chi connectivity index (χ2n) is 13.5. The van der Waals surface area contributed by atoms with Gasteiger partial charge in [-0.25, -0.2) is 32.5 Å². The largest absolute Gasteiger partial charge is 0.384 e. The van der Waals surface area contributed by atoms with E-state index in [0.717, 1.165) is 39.3 Å². The Kier molecular flexibility index (Phi) is 12.8. The standard InChI is InChI=1S/C18H24F2N8O.C16H21F2N9O/c1-11-10-29-7-6-28(11)18-25-16(13-9-23-14(21)8-12(13)15(19)20)24-17(26-18)27-4-2-22-3-5-27;17-12(18)11-10(9-21-14(19)22-11)13-23-15(26-3-1-20-2-4-26)25-16(24-13)27-5-7-28-8-6-27/h8-9,11,15,22H,2-7,10H2,1H3,(H2,21,23);9,12,20H,1-8H2,(H2,19,21,22)/t11-;/m0./s1. The molecule has 0 radical (unpaired) electrons. The van der Waals surface area contributed by atoms with Gasteiger partial charge < -0.3 is 51.2 Å². The number of rotatable bonds is 8. The zero-order valence-electron chi connectivity index (χ0n) is 31.4. The van der Waals surface area contributed by atoms with Gasteiger partial charge in [-0.15, -0.1) is 0 Å². The molecule has 4 aromatic heterocycles. The molecule has 8 rings (SSSR count). The molecule has 0 spiro atoms. The van der Waals surface area contributed by atoms with Gasteiger partial charge in [0.2, 0.25) is 29.7 Å². The lowest BCUT2D eigenvalue weighted by Crippen LogP contribution is -2.46. The molecule has 19 nitrogen and oxygen atoms in total. The SMILES string of the molecule is C[C@H]1COCCN1c1nc(-c2cnc(N)cc2C(F)F)nc(N2CCNCC2)n1.Nc1ncc(-c2nc(N3CCNCC3)nc(N3CCOCC3)n2)c(C(F)F)n1. The Morgan fingerprint density at radius 3 is 1.74 bits per heavy atom. The van der Waals surface area contributed by atoms with E-state index >= 15 is 0 Å². The van der Waals surface area contributed by atoms with Crippen LogP contribution in [-0.2, 0) is 9.47 Å². The third-order valence-electron chi connectivity index (χ3n) is 9.66. The van der Waals surface area contributed by atoms with E-state index in [4.69, 9.17) is 20.9 Å². The van der Waals surface area contributed by atoms with Crippen molar-refractivity contribution in [2.75, 3.05) is 129 Å². The van der Waals surface area contributed by atoms with Crippen LogP contribution in [0.15, 0.2) is 18.5 Å². The third kappa shape index (κ3) is 9.60. The average Bonchev–Trinajstić information content (AvgIpc) is 3.24. The molecule has 57 heavy (non-hydrogen) atoms. The van der Waals surface area contributed by atoms with Crippen LogP contribution in [0, 0.1) is 0 Å². The molecule has 4 aromatic rings. The molecule has 306 valence electrons. The minimum Gasteiger partial charge on any atom is -0.384 e. The first-order chi connectivity index (χ1) is 27.6. The number of nitrogens with zero attached hydrogens (tertiary/aromatic N) is 13. The van der Waals surface area contributed by atoms with Crippen molar-refractivity contribution >= 4 is 35.6 Å². The number of ether oxygens (including phenoxy) is 2. The highest BCUT2D eigenvalue weighted by atomic mass is 19.3. The number of anilines is 6. The molecule has 4 fully saturated rings. The maximum Gasteiger partial charge on any atom is 0.281 e. The molecule has 1 atom stereocenters. The van der Waals surface area contributed by atoms with E-state index in [1.165, 1.54) is 18.5 Å². The second-order valence-corrected chi connectivity index (χ2v) is 13.5. The van der Waals surface area contributed by atoms with Crippen molar-refractivity contribution in [3.05, 3.63) is 29.7 Å². The summed E-state index contributed by atoms with van der Waals surface area (Å²) in [5.74, 6) is 1.90. The Hall–Kier alpha value is -5.39. The van der Waals surface area contributed by atoms with Crippen LogP contribution >= 0.6 is 0 Å².